The quantitative estimate of drug-likeness (QED) is 0.773. The molecular weight excluding hydrogens is 202 g/mol. The van der Waals surface area contributed by atoms with Crippen molar-refractivity contribution >= 4 is 17.4 Å². The molecule has 0 radical (unpaired) electrons. The van der Waals surface area contributed by atoms with Gasteiger partial charge in [0.15, 0.2) is 0 Å². The minimum absolute atomic E-state index is 0.610. The van der Waals surface area contributed by atoms with E-state index < -0.39 is 0 Å². The van der Waals surface area contributed by atoms with Gasteiger partial charge in [-0.2, -0.15) is 11.8 Å². The molecule has 1 fully saturated rings. The van der Waals surface area contributed by atoms with Gasteiger partial charge in [-0.05, 0) is 47.8 Å². The molecule has 1 aromatic rings. The molecule has 1 aliphatic rings. The maximum Gasteiger partial charge on any atom is 0.0349 e. The van der Waals surface area contributed by atoms with Gasteiger partial charge in [0, 0.05) is 5.69 Å². The number of nitrogens with two attached hydrogens (primary N) is 1. The predicted octanol–water partition coefficient (Wildman–Crippen LogP) is 3.52. The average Bonchev–Trinajstić information content (AvgIpc) is 2.30. The van der Waals surface area contributed by atoms with E-state index in [-0.39, 0.29) is 0 Å². The van der Waals surface area contributed by atoms with Crippen LogP contribution < -0.4 is 5.73 Å². The lowest BCUT2D eigenvalue weighted by Crippen LogP contribution is -2.18. The van der Waals surface area contributed by atoms with Gasteiger partial charge < -0.3 is 5.73 Å². The summed E-state index contributed by atoms with van der Waals surface area (Å²) in [5, 5.41) is 0. The van der Waals surface area contributed by atoms with Crippen molar-refractivity contribution < 1.29 is 0 Å². The molecule has 82 valence electrons. The number of thioether (sulfide) groups is 1. The zero-order valence-corrected chi connectivity index (χ0v) is 10.1. The average molecular weight is 221 g/mol. The Morgan fingerprint density at radius 2 is 2.20 bits per heavy atom. The number of hydrogen-bond donors (Lipinski definition) is 1. The molecule has 1 heterocycles. The van der Waals surface area contributed by atoms with Crippen LogP contribution in [0, 0.1) is 5.92 Å². The van der Waals surface area contributed by atoms with E-state index in [1.165, 1.54) is 29.9 Å². The Hall–Kier alpha value is -0.630. The van der Waals surface area contributed by atoms with Crippen molar-refractivity contribution in [3.05, 3.63) is 29.8 Å². The van der Waals surface area contributed by atoms with Gasteiger partial charge >= 0.3 is 0 Å². The summed E-state index contributed by atoms with van der Waals surface area (Å²) >= 11 is 2.09. The SMILES string of the molecule is CC(c1ccccc1N)C1CCCSC1. The first-order valence-corrected chi connectivity index (χ1v) is 6.86. The largest absolute Gasteiger partial charge is 0.398 e. The van der Waals surface area contributed by atoms with E-state index in [1.807, 2.05) is 12.1 Å². The highest BCUT2D eigenvalue weighted by molar-refractivity contribution is 7.99. The van der Waals surface area contributed by atoms with Crippen molar-refractivity contribution in [1.82, 2.24) is 0 Å². The third-order valence-electron chi connectivity index (χ3n) is 3.39. The maximum absolute atomic E-state index is 6.02. The van der Waals surface area contributed by atoms with Crippen LogP contribution >= 0.6 is 11.8 Å². The van der Waals surface area contributed by atoms with Crippen molar-refractivity contribution in [2.45, 2.75) is 25.7 Å². The minimum atomic E-state index is 0.610. The molecule has 0 aliphatic carbocycles. The Morgan fingerprint density at radius 3 is 2.87 bits per heavy atom. The fourth-order valence-electron chi connectivity index (χ4n) is 2.34. The molecule has 1 saturated heterocycles. The van der Waals surface area contributed by atoms with Crippen LogP contribution in [0.25, 0.3) is 0 Å². The molecule has 15 heavy (non-hydrogen) atoms. The van der Waals surface area contributed by atoms with Crippen molar-refractivity contribution in [3.8, 4) is 0 Å². The maximum atomic E-state index is 6.02. The van der Waals surface area contributed by atoms with E-state index in [4.69, 9.17) is 5.73 Å². The summed E-state index contributed by atoms with van der Waals surface area (Å²) in [6.45, 7) is 2.32. The highest BCUT2D eigenvalue weighted by atomic mass is 32.2. The van der Waals surface area contributed by atoms with Crippen LogP contribution in [0.1, 0.15) is 31.2 Å². The Labute approximate surface area is 96.4 Å². The number of para-hydroxylation sites is 1. The Bertz CT molecular complexity index is 318. The summed E-state index contributed by atoms with van der Waals surface area (Å²) < 4.78 is 0. The normalized spacial score (nSPS) is 23.7. The van der Waals surface area contributed by atoms with Crippen molar-refractivity contribution in [2.75, 3.05) is 17.2 Å². The summed E-state index contributed by atoms with van der Waals surface area (Å²) in [6.07, 6.45) is 2.73. The second-order valence-corrected chi connectivity index (χ2v) is 5.54. The molecule has 2 heteroatoms. The van der Waals surface area contributed by atoms with E-state index in [2.05, 4.69) is 30.8 Å². The van der Waals surface area contributed by atoms with E-state index in [0.29, 0.717) is 5.92 Å². The van der Waals surface area contributed by atoms with Gasteiger partial charge in [0.1, 0.15) is 0 Å². The number of hydrogen-bond acceptors (Lipinski definition) is 2. The monoisotopic (exact) mass is 221 g/mol. The molecular formula is C13H19NS. The van der Waals surface area contributed by atoms with E-state index >= 15 is 0 Å². The van der Waals surface area contributed by atoms with Crippen LogP contribution in [0.15, 0.2) is 24.3 Å². The van der Waals surface area contributed by atoms with Crippen molar-refractivity contribution in [3.63, 3.8) is 0 Å². The van der Waals surface area contributed by atoms with Crippen molar-refractivity contribution in [1.29, 1.82) is 0 Å². The van der Waals surface area contributed by atoms with Crippen LogP contribution in [0.5, 0.6) is 0 Å². The summed E-state index contributed by atoms with van der Waals surface area (Å²) in [4.78, 5) is 0. The number of rotatable bonds is 2. The van der Waals surface area contributed by atoms with Gasteiger partial charge in [0.05, 0.1) is 0 Å². The number of benzene rings is 1. The van der Waals surface area contributed by atoms with Crippen LogP contribution in [-0.4, -0.2) is 11.5 Å². The topological polar surface area (TPSA) is 26.0 Å². The summed E-state index contributed by atoms with van der Waals surface area (Å²) in [7, 11) is 0. The Kier molecular flexibility index (Phi) is 3.57. The van der Waals surface area contributed by atoms with Gasteiger partial charge in [-0.3, -0.25) is 0 Å². The zero-order valence-electron chi connectivity index (χ0n) is 9.28. The molecule has 0 spiro atoms. The summed E-state index contributed by atoms with van der Waals surface area (Å²) in [6, 6.07) is 8.31. The number of anilines is 1. The number of nitrogen functional groups attached to an aromatic ring is 1. The second-order valence-electron chi connectivity index (χ2n) is 4.39. The Balaban J connectivity index is 2.12. The molecule has 1 nitrogen and oxygen atoms in total. The first-order chi connectivity index (χ1) is 7.29. The molecule has 0 amide bonds. The smallest absolute Gasteiger partial charge is 0.0349 e. The molecule has 2 unspecified atom stereocenters. The minimum Gasteiger partial charge on any atom is -0.398 e. The molecule has 0 bridgehead atoms. The van der Waals surface area contributed by atoms with Gasteiger partial charge in [0.2, 0.25) is 0 Å². The third kappa shape index (κ3) is 2.49. The molecule has 0 saturated carbocycles. The first-order valence-electron chi connectivity index (χ1n) is 5.71. The molecule has 2 rings (SSSR count). The predicted molar refractivity (Wildman–Crippen MR) is 69.3 cm³/mol. The van der Waals surface area contributed by atoms with E-state index in [9.17, 15) is 0 Å². The highest BCUT2D eigenvalue weighted by Crippen LogP contribution is 2.36. The fraction of sp³-hybridized carbons (Fsp3) is 0.538. The third-order valence-corrected chi connectivity index (χ3v) is 4.63. The molecule has 2 atom stereocenters. The van der Waals surface area contributed by atoms with E-state index in [0.717, 1.165) is 11.6 Å². The standard InChI is InChI=1S/C13H19NS/c1-10(11-5-4-8-15-9-11)12-6-2-3-7-13(12)14/h2-3,6-7,10-11H,4-5,8-9,14H2,1H3. The zero-order chi connectivity index (χ0) is 10.7. The highest BCUT2D eigenvalue weighted by Gasteiger charge is 2.22. The molecule has 0 aromatic heterocycles. The lowest BCUT2D eigenvalue weighted by atomic mass is 9.85. The second kappa shape index (κ2) is 4.93. The van der Waals surface area contributed by atoms with Gasteiger partial charge in [-0.1, -0.05) is 25.1 Å². The van der Waals surface area contributed by atoms with Crippen LogP contribution in [0.4, 0.5) is 5.69 Å². The fourth-order valence-corrected chi connectivity index (χ4v) is 3.64. The van der Waals surface area contributed by atoms with Crippen molar-refractivity contribution in [2.24, 2.45) is 5.92 Å². The first kappa shape index (κ1) is 10.9. The van der Waals surface area contributed by atoms with Crippen LogP contribution in [-0.2, 0) is 0 Å². The van der Waals surface area contributed by atoms with Crippen LogP contribution in [0.3, 0.4) is 0 Å². The van der Waals surface area contributed by atoms with Crippen LogP contribution in [0.2, 0.25) is 0 Å². The van der Waals surface area contributed by atoms with Gasteiger partial charge in [-0.25, -0.2) is 0 Å². The summed E-state index contributed by atoms with van der Waals surface area (Å²) in [5.41, 5.74) is 8.32. The Morgan fingerprint density at radius 1 is 1.40 bits per heavy atom. The van der Waals surface area contributed by atoms with Gasteiger partial charge in [-0.15, -0.1) is 0 Å². The molecule has 1 aromatic carbocycles. The lowest BCUT2D eigenvalue weighted by molar-refractivity contribution is 0.449. The lowest BCUT2D eigenvalue weighted by Gasteiger charge is -2.28. The molecule has 2 N–H and O–H groups in total. The summed E-state index contributed by atoms with van der Waals surface area (Å²) in [5.74, 6) is 4.07. The van der Waals surface area contributed by atoms with E-state index in [1.54, 1.807) is 0 Å². The molecule has 1 aliphatic heterocycles. The van der Waals surface area contributed by atoms with Gasteiger partial charge in [0.25, 0.3) is 0 Å².